The monoisotopic (exact) mass is 382 g/mol. The summed E-state index contributed by atoms with van der Waals surface area (Å²) in [5.74, 6) is 0. The third kappa shape index (κ3) is 2.43. The minimum atomic E-state index is 0.898. The van der Waals surface area contributed by atoms with Crippen LogP contribution < -0.4 is 5.32 Å². The second-order valence-electron chi connectivity index (χ2n) is 3.74. The molecule has 2 aromatic carbocycles. The highest BCUT2D eigenvalue weighted by atomic mass is 79.9. The molecule has 1 N–H and O–H groups in total. The van der Waals surface area contributed by atoms with E-state index in [0.717, 1.165) is 25.3 Å². The van der Waals surface area contributed by atoms with Crippen LogP contribution in [0.1, 0.15) is 0 Å². The molecule has 2 nitrogen and oxygen atoms in total. The van der Waals surface area contributed by atoms with Gasteiger partial charge in [0.1, 0.15) is 0 Å². The smallest absolute Gasteiger partial charge is 0.188 e. The number of thiazole rings is 1. The van der Waals surface area contributed by atoms with Crippen LogP contribution in [0.2, 0.25) is 0 Å². The number of hydrogen-bond donors (Lipinski definition) is 1. The van der Waals surface area contributed by atoms with E-state index in [-0.39, 0.29) is 0 Å². The molecule has 0 amide bonds. The van der Waals surface area contributed by atoms with Gasteiger partial charge in [0.2, 0.25) is 0 Å². The number of nitrogens with zero attached hydrogens (tertiary/aromatic N) is 1. The zero-order valence-electron chi connectivity index (χ0n) is 9.15. The van der Waals surface area contributed by atoms with E-state index in [4.69, 9.17) is 0 Å². The van der Waals surface area contributed by atoms with Crippen molar-refractivity contribution < 1.29 is 0 Å². The predicted molar refractivity (Wildman–Crippen MR) is 84.7 cm³/mol. The maximum Gasteiger partial charge on any atom is 0.188 e. The Kier molecular flexibility index (Phi) is 3.37. The average Bonchev–Trinajstić information content (AvgIpc) is 2.73. The van der Waals surface area contributed by atoms with Crippen LogP contribution in [0.5, 0.6) is 0 Å². The number of rotatable bonds is 2. The number of benzene rings is 2. The van der Waals surface area contributed by atoms with Crippen LogP contribution in [-0.2, 0) is 0 Å². The molecule has 0 atom stereocenters. The number of para-hydroxylation sites is 1. The largest absolute Gasteiger partial charge is 0.331 e. The first kappa shape index (κ1) is 12.1. The minimum Gasteiger partial charge on any atom is -0.331 e. The summed E-state index contributed by atoms with van der Waals surface area (Å²) in [5.41, 5.74) is 2.03. The van der Waals surface area contributed by atoms with Crippen molar-refractivity contribution in [2.75, 3.05) is 5.32 Å². The van der Waals surface area contributed by atoms with E-state index < -0.39 is 0 Å². The summed E-state index contributed by atoms with van der Waals surface area (Å²) in [5, 5.41) is 4.22. The van der Waals surface area contributed by atoms with Crippen LogP contribution in [0, 0.1) is 0 Å². The topological polar surface area (TPSA) is 24.9 Å². The molecule has 0 aliphatic rings. The first-order chi connectivity index (χ1) is 8.72. The van der Waals surface area contributed by atoms with E-state index in [1.54, 1.807) is 11.3 Å². The second-order valence-corrected chi connectivity index (χ2v) is 6.54. The van der Waals surface area contributed by atoms with Gasteiger partial charge in [-0.05, 0) is 46.3 Å². The molecule has 3 aromatic rings. The van der Waals surface area contributed by atoms with Gasteiger partial charge in [0.05, 0.1) is 15.9 Å². The summed E-state index contributed by atoms with van der Waals surface area (Å²) in [7, 11) is 0. The molecule has 0 saturated carbocycles. The van der Waals surface area contributed by atoms with Crippen LogP contribution in [0.3, 0.4) is 0 Å². The van der Waals surface area contributed by atoms with Crippen LogP contribution >= 0.6 is 43.2 Å². The van der Waals surface area contributed by atoms with Gasteiger partial charge in [0, 0.05) is 8.95 Å². The van der Waals surface area contributed by atoms with E-state index in [2.05, 4.69) is 48.2 Å². The van der Waals surface area contributed by atoms with E-state index in [9.17, 15) is 0 Å². The summed E-state index contributed by atoms with van der Waals surface area (Å²) in [4.78, 5) is 4.57. The van der Waals surface area contributed by atoms with E-state index in [1.807, 2.05) is 36.4 Å². The zero-order chi connectivity index (χ0) is 12.5. The Morgan fingerprint density at radius 1 is 1.06 bits per heavy atom. The molecule has 3 rings (SSSR count). The highest BCUT2D eigenvalue weighted by Gasteiger charge is 2.05. The lowest BCUT2D eigenvalue weighted by Gasteiger charge is -2.03. The molecule has 0 unspecified atom stereocenters. The number of anilines is 2. The second kappa shape index (κ2) is 4.99. The van der Waals surface area contributed by atoms with Crippen molar-refractivity contribution in [3.05, 3.63) is 51.4 Å². The van der Waals surface area contributed by atoms with Gasteiger partial charge in [-0.25, -0.2) is 4.98 Å². The van der Waals surface area contributed by atoms with Crippen LogP contribution in [0.25, 0.3) is 10.2 Å². The molecule has 0 spiro atoms. The third-order valence-corrected chi connectivity index (χ3v) is 4.60. The van der Waals surface area contributed by atoms with Crippen molar-refractivity contribution in [1.29, 1.82) is 0 Å². The molecule has 1 heterocycles. The Bertz CT molecular complexity index is 709. The lowest BCUT2D eigenvalue weighted by Crippen LogP contribution is -1.89. The van der Waals surface area contributed by atoms with Crippen molar-refractivity contribution in [1.82, 2.24) is 4.98 Å². The lowest BCUT2D eigenvalue weighted by atomic mass is 10.3. The van der Waals surface area contributed by atoms with Crippen molar-refractivity contribution in [3.63, 3.8) is 0 Å². The highest BCUT2D eigenvalue weighted by molar-refractivity contribution is 9.10. The van der Waals surface area contributed by atoms with E-state index in [0.29, 0.717) is 0 Å². The molecule has 0 fully saturated rings. The Balaban J connectivity index is 1.98. The zero-order valence-corrected chi connectivity index (χ0v) is 13.1. The fraction of sp³-hybridized carbons (Fsp3) is 0. The Hall–Kier alpha value is -0.910. The van der Waals surface area contributed by atoms with Gasteiger partial charge < -0.3 is 5.32 Å². The standard InChI is InChI=1S/C13H8Br2N2S/c14-8-5-6-12-11(7-8)17-13(18-12)16-10-4-2-1-3-9(10)15/h1-7H,(H,16,17). The maximum atomic E-state index is 4.57. The summed E-state index contributed by atoms with van der Waals surface area (Å²) in [6.45, 7) is 0. The molecule has 5 heteroatoms. The van der Waals surface area contributed by atoms with Crippen LogP contribution in [0.4, 0.5) is 10.8 Å². The Labute approximate surface area is 125 Å². The lowest BCUT2D eigenvalue weighted by molar-refractivity contribution is 1.43. The van der Waals surface area contributed by atoms with Crippen molar-refractivity contribution in [3.8, 4) is 0 Å². The molecule has 90 valence electrons. The number of fused-ring (bicyclic) bond motifs is 1. The number of aromatic nitrogens is 1. The molecule has 0 saturated heterocycles. The summed E-state index contributed by atoms with van der Waals surface area (Å²) >= 11 is 8.62. The summed E-state index contributed by atoms with van der Waals surface area (Å²) in [6.07, 6.45) is 0. The van der Waals surface area contributed by atoms with Gasteiger partial charge in [-0.3, -0.25) is 0 Å². The number of halogens is 2. The molecule has 0 bridgehead atoms. The van der Waals surface area contributed by atoms with Crippen LogP contribution in [0.15, 0.2) is 51.4 Å². The number of nitrogens with one attached hydrogen (secondary N) is 1. The van der Waals surface area contributed by atoms with Gasteiger partial charge in [-0.15, -0.1) is 0 Å². The molecule has 0 aliphatic carbocycles. The summed E-state index contributed by atoms with van der Waals surface area (Å²) in [6, 6.07) is 14.1. The first-order valence-electron chi connectivity index (χ1n) is 5.30. The van der Waals surface area contributed by atoms with Gasteiger partial charge in [0.25, 0.3) is 0 Å². The average molecular weight is 384 g/mol. The predicted octanol–water partition coefficient (Wildman–Crippen LogP) is 5.56. The van der Waals surface area contributed by atoms with Gasteiger partial charge in [0.15, 0.2) is 5.13 Å². The van der Waals surface area contributed by atoms with Crippen LogP contribution in [-0.4, -0.2) is 4.98 Å². The molecular weight excluding hydrogens is 376 g/mol. The fourth-order valence-electron chi connectivity index (χ4n) is 1.63. The van der Waals surface area contributed by atoms with E-state index in [1.165, 1.54) is 4.70 Å². The highest BCUT2D eigenvalue weighted by Crippen LogP contribution is 2.32. The molecule has 0 radical (unpaired) electrons. The minimum absolute atomic E-state index is 0.898. The normalized spacial score (nSPS) is 10.8. The van der Waals surface area contributed by atoms with Gasteiger partial charge in [-0.2, -0.15) is 0 Å². The van der Waals surface area contributed by atoms with Gasteiger partial charge >= 0.3 is 0 Å². The van der Waals surface area contributed by atoms with Gasteiger partial charge in [-0.1, -0.05) is 39.4 Å². The number of hydrogen-bond acceptors (Lipinski definition) is 3. The maximum absolute atomic E-state index is 4.57. The quantitative estimate of drug-likeness (QED) is 0.626. The third-order valence-electron chi connectivity index (χ3n) is 2.47. The van der Waals surface area contributed by atoms with Crippen molar-refractivity contribution >= 4 is 64.2 Å². The van der Waals surface area contributed by atoms with Crippen molar-refractivity contribution in [2.45, 2.75) is 0 Å². The Morgan fingerprint density at radius 3 is 2.72 bits per heavy atom. The first-order valence-corrected chi connectivity index (χ1v) is 7.70. The SMILES string of the molecule is Brc1ccc2sc(Nc3ccccc3Br)nc2c1. The Morgan fingerprint density at radius 2 is 1.89 bits per heavy atom. The fourth-order valence-corrected chi connectivity index (χ4v) is 3.22. The molecule has 0 aliphatic heterocycles. The molecule has 18 heavy (non-hydrogen) atoms. The summed E-state index contributed by atoms with van der Waals surface area (Å²) < 4.78 is 3.26. The molecule has 1 aromatic heterocycles. The molecular formula is C13H8Br2N2S. The van der Waals surface area contributed by atoms with E-state index >= 15 is 0 Å². The van der Waals surface area contributed by atoms with Crippen molar-refractivity contribution in [2.24, 2.45) is 0 Å².